The van der Waals surface area contributed by atoms with Crippen molar-refractivity contribution in [2.75, 3.05) is 13.7 Å². The number of sulfonamides is 1. The first-order valence-electron chi connectivity index (χ1n) is 12.1. The van der Waals surface area contributed by atoms with Crippen LogP contribution in [0.3, 0.4) is 0 Å². The molecule has 200 valence electrons. The maximum absolute atomic E-state index is 13.6. The van der Waals surface area contributed by atoms with Crippen LogP contribution in [0, 0.1) is 6.92 Å². The Morgan fingerprint density at radius 3 is 2.45 bits per heavy atom. The number of para-hydroxylation sites is 2. The molecular formula is C28H32AsN3O5S. The molecule has 0 fully saturated rings. The molecule has 8 nitrogen and oxygen atoms in total. The van der Waals surface area contributed by atoms with Crippen molar-refractivity contribution < 1.29 is 23.4 Å². The number of aromatic nitrogens is 2. The molecule has 1 heterocycles. The Morgan fingerprint density at radius 1 is 1.00 bits per heavy atom. The first kappa shape index (κ1) is 27.8. The van der Waals surface area contributed by atoms with E-state index in [9.17, 15) is 18.6 Å². The van der Waals surface area contributed by atoms with Gasteiger partial charge in [0.05, 0.1) is 11.9 Å². The van der Waals surface area contributed by atoms with E-state index in [1.54, 1.807) is 16.9 Å². The molecule has 0 amide bonds. The van der Waals surface area contributed by atoms with E-state index < -0.39 is 30.4 Å². The van der Waals surface area contributed by atoms with Crippen LogP contribution in [0.4, 0.5) is 0 Å². The van der Waals surface area contributed by atoms with E-state index in [4.69, 9.17) is 4.74 Å². The predicted molar refractivity (Wildman–Crippen MR) is 150 cm³/mol. The van der Waals surface area contributed by atoms with Crippen molar-refractivity contribution in [1.29, 1.82) is 0 Å². The number of aryl methyl sites for hydroxylation is 1. The third-order valence-electron chi connectivity index (χ3n) is 6.19. The summed E-state index contributed by atoms with van der Waals surface area (Å²) in [7, 11) is -2.68. The fraction of sp³-hybridized carbons (Fsp3) is 0.250. The summed E-state index contributed by atoms with van der Waals surface area (Å²) in [6, 6.07) is 19.0. The molecule has 0 bridgehead atoms. The SMILES string of the molecule is Cc1ccccc1-n1nccc1-c1cc(S(=O)(=O)N(C)Cc2ccccc2OCC[As](C)C)c(O)cc1O. The Morgan fingerprint density at radius 2 is 1.71 bits per heavy atom. The van der Waals surface area contributed by atoms with Gasteiger partial charge in [0, 0.05) is 0 Å². The van der Waals surface area contributed by atoms with Gasteiger partial charge in [0.2, 0.25) is 0 Å². The summed E-state index contributed by atoms with van der Waals surface area (Å²) in [6.45, 7) is 2.58. The zero-order valence-electron chi connectivity index (χ0n) is 21.9. The number of ether oxygens (including phenoxy) is 1. The molecule has 0 aliphatic carbocycles. The molecule has 1 aromatic heterocycles. The van der Waals surface area contributed by atoms with Gasteiger partial charge in [-0.3, -0.25) is 0 Å². The van der Waals surface area contributed by atoms with Crippen molar-refractivity contribution in [3.63, 3.8) is 0 Å². The molecule has 0 radical (unpaired) electrons. The van der Waals surface area contributed by atoms with E-state index in [0.717, 1.165) is 28.1 Å². The van der Waals surface area contributed by atoms with Crippen molar-refractivity contribution >= 4 is 24.7 Å². The summed E-state index contributed by atoms with van der Waals surface area (Å²) in [5.41, 5.74) is 7.71. The number of nitrogens with zero attached hydrogens (tertiary/aromatic N) is 3. The van der Waals surface area contributed by atoms with Gasteiger partial charge >= 0.3 is 159 Å². The van der Waals surface area contributed by atoms with Crippen molar-refractivity contribution in [2.45, 2.75) is 35.0 Å². The van der Waals surface area contributed by atoms with E-state index >= 15 is 0 Å². The molecule has 0 saturated heterocycles. The molecule has 0 aliphatic heterocycles. The first-order chi connectivity index (χ1) is 18.1. The quantitative estimate of drug-likeness (QED) is 0.243. The van der Waals surface area contributed by atoms with E-state index in [2.05, 4.69) is 16.5 Å². The molecule has 0 unspecified atom stereocenters. The third-order valence-corrected chi connectivity index (χ3v) is 10.3. The van der Waals surface area contributed by atoms with Crippen LogP contribution in [-0.2, 0) is 16.6 Å². The summed E-state index contributed by atoms with van der Waals surface area (Å²) in [6.07, 6.45) is 1.58. The molecule has 0 aliphatic rings. The van der Waals surface area contributed by atoms with Gasteiger partial charge in [-0.2, -0.15) is 5.10 Å². The van der Waals surface area contributed by atoms with Crippen LogP contribution in [0.5, 0.6) is 17.2 Å². The van der Waals surface area contributed by atoms with Crippen molar-refractivity contribution in [3.8, 4) is 34.2 Å². The molecule has 10 heteroatoms. The van der Waals surface area contributed by atoms with Crippen LogP contribution < -0.4 is 4.74 Å². The summed E-state index contributed by atoms with van der Waals surface area (Å²) < 4.78 is 36.0. The Bertz CT molecular complexity index is 1540. The number of hydrogen-bond acceptors (Lipinski definition) is 6. The van der Waals surface area contributed by atoms with Gasteiger partial charge < -0.3 is 5.11 Å². The minimum Gasteiger partial charge on any atom is -0.507 e. The Labute approximate surface area is 228 Å². The number of hydrogen-bond donors (Lipinski definition) is 2. The van der Waals surface area contributed by atoms with Crippen LogP contribution in [0.15, 0.2) is 77.8 Å². The van der Waals surface area contributed by atoms with Gasteiger partial charge in [0.1, 0.15) is 0 Å². The standard InChI is InChI=1S/C28H32AsN3O5S/c1-20-9-5-7-11-23(20)32-24(13-15-30-32)22-17-28(26(34)18-25(22)33)38(35,36)31(4)19-21-10-6-8-12-27(21)37-16-14-29(2)3/h5-13,15,17-18,33-34H,14,16,19H2,1-4H3. The van der Waals surface area contributed by atoms with E-state index in [1.165, 1.54) is 17.4 Å². The van der Waals surface area contributed by atoms with E-state index in [1.807, 2.05) is 55.5 Å². The molecule has 38 heavy (non-hydrogen) atoms. The monoisotopic (exact) mass is 597 g/mol. The van der Waals surface area contributed by atoms with Gasteiger partial charge in [-0.1, -0.05) is 18.2 Å². The first-order valence-corrected chi connectivity index (χ1v) is 18.6. The van der Waals surface area contributed by atoms with Gasteiger partial charge in [0.25, 0.3) is 0 Å². The van der Waals surface area contributed by atoms with Crippen LogP contribution in [0.1, 0.15) is 11.1 Å². The van der Waals surface area contributed by atoms with Crippen LogP contribution in [0.25, 0.3) is 16.9 Å². The van der Waals surface area contributed by atoms with Crippen molar-refractivity contribution in [2.24, 2.45) is 0 Å². The average molecular weight is 598 g/mol. The minimum atomic E-state index is -4.14. The molecule has 4 aromatic rings. The zero-order valence-corrected chi connectivity index (χ0v) is 24.6. The fourth-order valence-corrected chi connectivity index (χ4v) is 6.27. The van der Waals surface area contributed by atoms with Crippen molar-refractivity contribution in [1.82, 2.24) is 14.1 Å². The summed E-state index contributed by atoms with van der Waals surface area (Å²) in [4.78, 5) is -0.310. The number of phenolic OH excluding ortho intramolecular Hbond substituents is 2. The molecular weight excluding hydrogens is 565 g/mol. The molecule has 2 N–H and O–H groups in total. The third kappa shape index (κ3) is 5.90. The second-order valence-electron chi connectivity index (χ2n) is 9.27. The Hall–Kier alpha value is -3.26. The molecule has 3 aromatic carbocycles. The van der Waals surface area contributed by atoms with Crippen molar-refractivity contribution in [3.05, 3.63) is 84.1 Å². The summed E-state index contributed by atoms with van der Waals surface area (Å²) >= 11 is -0.836. The molecule has 0 saturated carbocycles. The maximum atomic E-state index is 13.6. The number of phenols is 2. The molecule has 0 atom stereocenters. The van der Waals surface area contributed by atoms with E-state index in [-0.39, 0.29) is 22.8 Å². The van der Waals surface area contributed by atoms with Gasteiger partial charge in [0.15, 0.2) is 0 Å². The topological polar surface area (TPSA) is 105 Å². The normalized spacial score (nSPS) is 11.8. The summed E-state index contributed by atoms with van der Waals surface area (Å²) in [5.74, 6) is -0.151. The van der Waals surface area contributed by atoms with Crippen LogP contribution in [0.2, 0.25) is 16.6 Å². The van der Waals surface area contributed by atoms with Crippen LogP contribution >= 0.6 is 0 Å². The zero-order chi connectivity index (χ0) is 27.4. The Kier molecular flexibility index (Phi) is 8.50. The van der Waals surface area contributed by atoms with Gasteiger partial charge in [-0.05, 0) is 24.6 Å². The fourth-order valence-electron chi connectivity index (χ4n) is 4.08. The van der Waals surface area contributed by atoms with Gasteiger partial charge in [-0.25, -0.2) is 4.68 Å². The average Bonchev–Trinajstić information content (AvgIpc) is 3.34. The number of benzene rings is 3. The van der Waals surface area contributed by atoms with Gasteiger partial charge in [-0.15, -0.1) is 0 Å². The van der Waals surface area contributed by atoms with E-state index in [0.29, 0.717) is 18.1 Å². The minimum absolute atomic E-state index is 0.0506. The molecule has 4 rings (SSSR count). The second-order valence-corrected chi connectivity index (χ2v) is 16.8. The number of aromatic hydroxyl groups is 2. The smallest absolute Gasteiger partial charge is 0.507 e. The van der Waals surface area contributed by atoms with Crippen LogP contribution in [-0.4, -0.2) is 61.0 Å². The Balaban J connectivity index is 1.68. The predicted octanol–water partition coefficient (Wildman–Crippen LogP) is 5.21. The summed E-state index contributed by atoms with van der Waals surface area (Å²) in [5, 5.41) is 26.7. The second kappa shape index (κ2) is 11.6. The number of rotatable bonds is 10. The molecule has 0 spiro atoms.